The summed E-state index contributed by atoms with van der Waals surface area (Å²) in [5, 5.41) is 18.6. The molecule has 32 heavy (non-hydrogen) atoms. The number of carbonyl (C=O) groups is 1. The lowest BCUT2D eigenvalue weighted by Crippen LogP contribution is -2.30. The van der Waals surface area contributed by atoms with Crippen LogP contribution in [-0.2, 0) is 16.6 Å². The number of aromatic nitrogens is 1. The van der Waals surface area contributed by atoms with E-state index in [1.54, 1.807) is 24.3 Å². The molecule has 0 aliphatic heterocycles. The molecule has 4 N–H and O–H groups in total. The number of hydrogen-bond donors (Lipinski definition) is 3. The minimum atomic E-state index is -4.17. The molecule has 8 nitrogen and oxygen atoms in total. The van der Waals surface area contributed by atoms with Crippen molar-refractivity contribution < 1.29 is 18.3 Å². The molecule has 11 heteroatoms. The summed E-state index contributed by atoms with van der Waals surface area (Å²) < 4.78 is 24.7. The number of nitrogens with two attached hydrogens (primary N) is 1. The van der Waals surface area contributed by atoms with Gasteiger partial charge in [-0.15, -0.1) is 11.3 Å². The molecular formula is C21H16ClN3O5S2. The van der Waals surface area contributed by atoms with Gasteiger partial charge in [0.05, 0.1) is 22.1 Å². The first kappa shape index (κ1) is 22.0. The van der Waals surface area contributed by atoms with Gasteiger partial charge in [-0.3, -0.25) is 9.59 Å². The van der Waals surface area contributed by atoms with Gasteiger partial charge in [-0.25, -0.2) is 13.6 Å². The third-order valence-electron chi connectivity index (χ3n) is 4.73. The normalized spacial score (nSPS) is 11.6. The quantitative estimate of drug-likeness (QED) is 0.395. The Bertz CT molecular complexity index is 1510. The number of nitrogens with one attached hydrogen (secondary N) is 1. The Kier molecular flexibility index (Phi) is 5.78. The largest absolute Gasteiger partial charge is 0.506 e. The van der Waals surface area contributed by atoms with Crippen LogP contribution in [0.5, 0.6) is 5.75 Å². The number of nitrogens with zero attached hydrogens (tertiary/aromatic N) is 1. The summed E-state index contributed by atoms with van der Waals surface area (Å²) in [6.07, 6.45) is 0. The highest BCUT2D eigenvalue weighted by molar-refractivity contribution is 7.91. The molecule has 2 aromatic carbocycles. The highest BCUT2D eigenvalue weighted by atomic mass is 35.5. The molecule has 2 heterocycles. The van der Waals surface area contributed by atoms with Crippen LogP contribution in [0.15, 0.2) is 69.7 Å². The molecule has 0 saturated heterocycles. The minimum Gasteiger partial charge on any atom is -0.506 e. The average molecular weight is 490 g/mol. The Morgan fingerprint density at radius 1 is 1.12 bits per heavy atom. The van der Waals surface area contributed by atoms with Gasteiger partial charge in [-0.1, -0.05) is 54.1 Å². The van der Waals surface area contributed by atoms with Crippen LogP contribution in [0, 0.1) is 0 Å². The lowest BCUT2D eigenvalue weighted by atomic mass is 10.1. The van der Waals surface area contributed by atoms with E-state index in [1.807, 2.05) is 30.3 Å². The predicted molar refractivity (Wildman–Crippen MR) is 124 cm³/mol. The number of para-hydroxylation sites is 1. The van der Waals surface area contributed by atoms with E-state index in [9.17, 15) is 23.1 Å². The number of amides is 1. The van der Waals surface area contributed by atoms with E-state index in [4.69, 9.17) is 16.7 Å². The van der Waals surface area contributed by atoms with Crippen molar-refractivity contribution in [2.45, 2.75) is 10.8 Å². The van der Waals surface area contributed by atoms with Crippen LogP contribution >= 0.6 is 22.9 Å². The maximum atomic E-state index is 13.3. The van der Waals surface area contributed by atoms with Crippen LogP contribution in [0.3, 0.4) is 0 Å². The summed E-state index contributed by atoms with van der Waals surface area (Å²) in [6.45, 7) is 0.160. The molecule has 0 atom stereocenters. The molecule has 164 valence electrons. The van der Waals surface area contributed by atoms with Crippen molar-refractivity contribution in [3.05, 3.63) is 86.5 Å². The van der Waals surface area contributed by atoms with Gasteiger partial charge in [0.1, 0.15) is 11.3 Å². The van der Waals surface area contributed by atoms with E-state index >= 15 is 0 Å². The van der Waals surface area contributed by atoms with E-state index in [0.29, 0.717) is 22.2 Å². The zero-order valence-electron chi connectivity index (χ0n) is 16.3. The number of carbonyl (C=O) groups excluding carboxylic acids is 1. The number of rotatable bonds is 5. The van der Waals surface area contributed by atoms with Crippen molar-refractivity contribution >= 4 is 55.5 Å². The van der Waals surface area contributed by atoms with Gasteiger partial charge in [0, 0.05) is 5.39 Å². The third kappa shape index (κ3) is 4.13. The highest BCUT2D eigenvalue weighted by Crippen LogP contribution is 2.35. The zero-order valence-corrected chi connectivity index (χ0v) is 18.7. The van der Waals surface area contributed by atoms with Crippen LogP contribution < -0.4 is 16.0 Å². The van der Waals surface area contributed by atoms with Gasteiger partial charge in [0.15, 0.2) is 4.21 Å². The average Bonchev–Trinajstić information content (AvgIpc) is 3.12. The van der Waals surface area contributed by atoms with E-state index in [2.05, 4.69) is 5.32 Å². The molecule has 0 spiro atoms. The topological polar surface area (TPSA) is 131 Å². The molecule has 4 rings (SSSR count). The van der Waals surface area contributed by atoms with Crippen LogP contribution in [-0.4, -0.2) is 24.0 Å². The number of pyridine rings is 1. The summed E-state index contributed by atoms with van der Waals surface area (Å²) in [5.41, 5.74) is -0.172. The van der Waals surface area contributed by atoms with Crippen LogP contribution in [0.25, 0.3) is 10.9 Å². The number of thiophene rings is 1. The fourth-order valence-electron chi connectivity index (χ4n) is 3.35. The Hall–Kier alpha value is -3.18. The molecule has 0 saturated carbocycles. The maximum Gasteiger partial charge on any atom is 0.268 e. The SMILES string of the molecule is NS(=O)(=O)c1sc(Cl)cc1NC(=O)c1c(O)c2ccccc2n(Cc2ccccc2)c1=O. The minimum absolute atomic E-state index is 0.0774. The smallest absolute Gasteiger partial charge is 0.268 e. The molecule has 4 aromatic rings. The van der Waals surface area contributed by atoms with Gasteiger partial charge in [0.25, 0.3) is 11.5 Å². The van der Waals surface area contributed by atoms with Crippen molar-refractivity contribution in [1.82, 2.24) is 4.57 Å². The van der Waals surface area contributed by atoms with Crippen molar-refractivity contribution in [2.75, 3.05) is 5.32 Å². The molecule has 2 aromatic heterocycles. The van der Waals surface area contributed by atoms with Gasteiger partial charge in [0.2, 0.25) is 10.0 Å². The number of aromatic hydroxyl groups is 1. The number of sulfonamides is 1. The molecule has 0 aliphatic carbocycles. The van der Waals surface area contributed by atoms with Gasteiger partial charge < -0.3 is 15.0 Å². The summed E-state index contributed by atoms with van der Waals surface area (Å²) >= 11 is 6.56. The van der Waals surface area contributed by atoms with Crippen LogP contribution in [0.1, 0.15) is 15.9 Å². The first-order chi connectivity index (χ1) is 15.2. The van der Waals surface area contributed by atoms with Crippen LogP contribution in [0.2, 0.25) is 4.34 Å². The van der Waals surface area contributed by atoms with Crippen molar-refractivity contribution in [3.8, 4) is 5.75 Å². The fourth-order valence-corrected chi connectivity index (χ4v) is 5.55. The fraction of sp³-hybridized carbons (Fsp3) is 0.0476. The number of primary sulfonamides is 1. The molecule has 0 aliphatic rings. The lowest BCUT2D eigenvalue weighted by molar-refractivity contribution is 0.102. The van der Waals surface area contributed by atoms with Gasteiger partial charge in [-0.05, 0) is 23.8 Å². The molecule has 0 unspecified atom stereocenters. The molecule has 0 fully saturated rings. The monoisotopic (exact) mass is 489 g/mol. The summed E-state index contributed by atoms with van der Waals surface area (Å²) in [6, 6.07) is 17.0. The second-order valence-corrected chi connectivity index (χ2v) is 10.3. The molecular weight excluding hydrogens is 474 g/mol. The second kappa shape index (κ2) is 8.40. The Morgan fingerprint density at radius 3 is 2.47 bits per heavy atom. The molecule has 0 radical (unpaired) electrons. The molecule has 1 amide bonds. The van der Waals surface area contributed by atoms with E-state index in [1.165, 1.54) is 10.6 Å². The summed E-state index contributed by atoms with van der Waals surface area (Å²) in [4.78, 5) is 26.3. The van der Waals surface area contributed by atoms with Crippen molar-refractivity contribution in [3.63, 3.8) is 0 Å². The standard InChI is InChI=1S/C21H16ClN3O5S2/c22-16-10-14(21(31-16)32(23,29)30)24-19(27)17-18(26)13-8-4-5-9-15(13)25(20(17)28)11-12-6-2-1-3-7-12/h1-10,26H,11H2,(H,24,27)(H2,23,29,30). The number of halogens is 1. The Balaban J connectivity index is 1.86. The highest BCUT2D eigenvalue weighted by Gasteiger charge is 2.26. The third-order valence-corrected chi connectivity index (χ3v) is 7.47. The Labute approximate surface area is 191 Å². The zero-order chi connectivity index (χ0) is 23.0. The lowest BCUT2D eigenvalue weighted by Gasteiger charge is -2.15. The summed E-state index contributed by atoms with van der Waals surface area (Å²) in [7, 11) is -4.17. The maximum absolute atomic E-state index is 13.3. The van der Waals surface area contributed by atoms with E-state index < -0.39 is 32.8 Å². The van der Waals surface area contributed by atoms with Gasteiger partial charge in [-0.2, -0.15) is 0 Å². The first-order valence-corrected chi connectivity index (χ1v) is 11.9. The number of fused-ring (bicyclic) bond motifs is 1. The van der Waals surface area contributed by atoms with Crippen molar-refractivity contribution in [1.29, 1.82) is 0 Å². The first-order valence-electron chi connectivity index (χ1n) is 9.18. The van der Waals surface area contributed by atoms with E-state index in [0.717, 1.165) is 5.56 Å². The molecule has 0 bridgehead atoms. The van der Waals surface area contributed by atoms with Crippen LogP contribution in [0.4, 0.5) is 5.69 Å². The number of benzene rings is 2. The van der Waals surface area contributed by atoms with Crippen molar-refractivity contribution in [2.24, 2.45) is 5.14 Å². The summed E-state index contributed by atoms with van der Waals surface area (Å²) in [5.74, 6) is -1.50. The van der Waals surface area contributed by atoms with Gasteiger partial charge >= 0.3 is 0 Å². The number of hydrogen-bond acceptors (Lipinski definition) is 6. The predicted octanol–water partition coefficient (Wildman–Crippen LogP) is 3.37. The van der Waals surface area contributed by atoms with E-state index in [-0.39, 0.29) is 20.8 Å². The second-order valence-electron chi connectivity index (χ2n) is 6.87. The number of anilines is 1. The Morgan fingerprint density at radius 2 is 1.78 bits per heavy atom.